The molecule has 7 heteroatoms. The summed E-state index contributed by atoms with van der Waals surface area (Å²) in [6.07, 6.45) is 2.92. The largest absolute Gasteiger partial charge is 0.379 e. The van der Waals surface area contributed by atoms with Gasteiger partial charge < -0.3 is 19.9 Å². The van der Waals surface area contributed by atoms with E-state index in [2.05, 4.69) is 50.2 Å². The molecule has 0 aromatic carbocycles. The molecule has 0 amide bonds. The Morgan fingerprint density at radius 3 is 2.74 bits per heavy atom. The average molecular weight is 386 g/mol. The van der Waals surface area contributed by atoms with E-state index in [1.165, 1.54) is 5.69 Å². The predicted octanol–water partition coefficient (Wildman–Crippen LogP) is 2.41. The van der Waals surface area contributed by atoms with E-state index in [0.29, 0.717) is 0 Å². The summed E-state index contributed by atoms with van der Waals surface area (Å²) in [6, 6.07) is 10.5. The van der Waals surface area contributed by atoms with Crippen LogP contribution in [-0.2, 0) is 4.74 Å². The van der Waals surface area contributed by atoms with Crippen molar-refractivity contribution in [3.05, 3.63) is 53.6 Å². The van der Waals surface area contributed by atoms with Gasteiger partial charge in [-0.3, -0.25) is 9.88 Å². The number of morpholine rings is 1. The number of pyridine rings is 1. The van der Waals surface area contributed by atoms with Crippen molar-refractivity contribution in [1.82, 2.24) is 25.1 Å². The quantitative estimate of drug-likeness (QED) is 0.745. The number of thiocarbonyl (C=S) groups is 1. The minimum absolute atomic E-state index is 0.0557. The van der Waals surface area contributed by atoms with Crippen molar-refractivity contribution in [3.8, 4) is 0 Å². The number of ether oxygens (including phenoxy) is 1. The number of nitrogens with one attached hydrogen (secondary N) is 2. The van der Waals surface area contributed by atoms with Gasteiger partial charge >= 0.3 is 0 Å². The van der Waals surface area contributed by atoms with Gasteiger partial charge in [-0.2, -0.15) is 0 Å². The van der Waals surface area contributed by atoms with Crippen molar-refractivity contribution < 1.29 is 4.74 Å². The highest BCUT2D eigenvalue weighted by molar-refractivity contribution is 7.80. The summed E-state index contributed by atoms with van der Waals surface area (Å²) in [5, 5.41) is 4.32. The molecule has 2 atom stereocenters. The molecule has 0 aliphatic carbocycles. The van der Waals surface area contributed by atoms with Gasteiger partial charge in [0.15, 0.2) is 5.11 Å². The first kappa shape index (κ1) is 18.4. The third kappa shape index (κ3) is 4.15. The molecule has 27 heavy (non-hydrogen) atoms. The first-order valence-electron chi connectivity index (χ1n) is 9.66. The van der Waals surface area contributed by atoms with E-state index in [4.69, 9.17) is 17.0 Å². The zero-order valence-electron chi connectivity index (χ0n) is 15.7. The van der Waals surface area contributed by atoms with Gasteiger partial charge in [0, 0.05) is 43.8 Å². The van der Waals surface area contributed by atoms with Gasteiger partial charge in [-0.05, 0) is 49.8 Å². The minimum atomic E-state index is 0.0557. The number of aromatic amines is 1. The van der Waals surface area contributed by atoms with Gasteiger partial charge in [0.25, 0.3) is 0 Å². The zero-order valence-corrected chi connectivity index (χ0v) is 16.5. The molecule has 0 saturated carbocycles. The van der Waals surface area contributed by atoms with Crippen LogP contribution in [0.3, 0.4) is 0 Å². The van der Waals surface area contributed by atoms with E-state index in [-0.39, 0.29) is 12.1 Å². The van der Waals surface area contributed by atoms with E-state index in [9.17, 15) is 0 Å². The summed E-state index contributed by atoms with van der Waals surface area (Å²) < 4.78 is 5.44. The van der Waals surface area contributed by atoms with Crippen molar-refractivity contribution in [2.75, 3.05) is 39.4 Å². The Labute approximate surface area is 165 Å². The van der Waals surface area contributed by atoms with Crippen LogP contribution < -0.4 is 5.32 Å². The summed E-state index contributed by atoms with van der Waals surface area (Å²) in [6.45, 7) is 7.83. The maximum atomic E-state index is 5.71. The van der Waals surface area contributed by atoms with Crippen LogP contribution in [0.1, 0.15) is 35.6 Å². The summed E-state index contributed by atoms with van der Waals surface area (Å²) in [4.78, 5) is 12.9. The lowest BCUT2D eigenvalue weighted by Gasteiger charge is -2.30. The van der Waals surface area contributed by atoms with Crippen molar-refractivity contribution in [1.29, 1.82) is 0 Å². The Bertz CT molecular complexity index is 759. The van der Waals surface area contributed by atoms with Gasteiger partial charge in [-0.25, -0.2) is 0 Å². The van der Waals surface area contributed by atoms with Crippen LogP contribution in [0.5, 0.6) is 0 Å². The smallest absolute Gasteiger partial charge is 0.170 e. The van der Waals surface area contributed by atoms with Crippen LogP contribution in [0.25, 0.3) is 0 Å². The molecule has 6 nitrogen and oxygen atoms in total. The molecule has 2 aliphatic heterocycles. The normalized spacial score (nSPS) is 23.6. The van der Waals surface area contributed by atoms with Crippen LogP contribution in [0.4, 0.5) is 0 Å². The Morgan fingerprint density at radius 2 is 2.04 bits per heavy atom. The first-order chi connectivity index (χ1) is 13.2. The number of hydrogen-bond acceptors (Lipinski definition) is 4. The molecule has 2 aromatic rings. The zero-order chi connectivity index (χ0) is 18.6. The minimum Gasteiger partial charge on any atom is -0.379 e. The summed E-state index contributed by atoms with van der Waals surface area (Å²) >= 11 is 5.71. The lowest BCUT2D eigenvalue weighted by Crippen LogP contribution is -2.39. The Balaban J connectivity index is 1.50. The third-order valence-corrected chi connectivity index (χ3v) is 5.70. The van der Waals surface area contributed by atoms with Gasteiger partial charge in [0.2, 0.25) is 0 Å². The molecular weight excluding hydrogens is 358 g/mol. The maximum Gasteiger partial charge on any atom is 0.170 e. The van der Waals surface area contributed by atoms with Crippen LogP contribution >= 0.6 is 12.2 Å². The van der Waals surface area contributed by atoms with Crippen molar-refractivity contribution in [2.24, 2.45) is 0 Å². The lowest BCUT2D eigenvalue weighted by atomic mass is 10.0. The highest BCUT2D eigenvalue weighted by atomic mass is 32.1. The molecule has 4 rings (SSSR count). The fourth-order valence-corrected chi connectivity index (χ4v) is 4.30. The van der Waals surface area contributed by atoms with E-state index in [0.717, 1.165) is 62.3 Å². The van der Waals surface area contributed by atoms with Gasteiger partial charge in [-0.15, -0.1) is 0 Å². The molecule has 4 heterocycles. The highest BCUT2D eigenvalue weighted by Crippen LogP contribution is 2.38. The van der Waals surface area contributed by atoms with Crippen molar-refractivity contribution in [2.45, 2.75) is 25.4 Å². The molecule has 2 aromatic heterocycles. The average Bonchev–Trinajstić information content (AvgIpc) is 3.27. The van der Waals surface area contributed by atoms with E-state index < -0.39 is 0 Å². The molecule has 2 N–H and O–H groups in total. The van der Waals surface area contributed by atoms with Crippen LogP contribution in [0, 0.1) is 6.92 Å². The summed E-state index contributed by atoms with van der Waals surface area (Å²) in [5.74, 6) is 0. The number of aryl methyl sites for hydroxylation is 1. The summed E-state index contributed by atoms with van der Waals surface area (Å²) in [7, 11) is 0. The number of rotatable bonds is 6. The molecule has 2 fully saturated rings. The molecule has 0 bridgehead atoms. The monoisotopic (exact) mass is 385 g/mol. The SMILES string of the molecule is Cc1ccc([C@H]2[C@@H](c3ccccn3)NC(=S)N2CCCN2CCOCC2)[nH]1. The number of nitrogens with zero attached hydrogens (tertiary/aromatic N) is 3. The molecule has 0 unspecified atom stereocenters. The number of H-pyrrole nitrogens is 1. The fraction of sp³-hybridized carbons (Fsp3) is 0.500. The van der Waals surface area contributed by atoms with E-state index in [1.807, 2.05) is 18.3 Å². The predicted molar refractivity (Wildman–Crippen MR) is 110 cm³/mol. The van der Waals surface area contributed by atoms with E-state index >= 15 is 0 Å². The van der Waals surface area contributed by atoms with Crippen molar-refractivity contribution >= 4 is 17.3 Å². The molecule has 144 valence electrons. The Morgan fingerprint density at radius 1 is 1.19 bits per heavy atom. The van der Waals surface area contributed by atoms with Crippen molar-refractivity contribution in [3.63, 3.8) is 0 Å². The summed E-state index contributed by atoms with van der Waals surface area (Å²) in [5.41, 5.74) is 3.37. The van der Waals surface area contributed by atoms with Crippen LogP contribution in [0.2, 0.25) is 0 Å². The molecule has 0 spiro atoms. The van der Waals surface area contributed by atoms with Gasteiger partial charge in [0.1, 0.15) is 0 Å². The Kier molecular flexibility index (Phi) is 5.71. The number of aromatic nitrogens is 2. The molecule has 2 saturated heterocycles. The molecular formula is C20H27N5OS. The lowest BCUT2D eigenvalue weighted by molar-refractivity contribution is 0.0365. The van der Waals surface area contributed by atoms with Crippen LogP contribution in [0.15, 0.2) is 36.5 Å². The second-order valence-corrected chi connectivity index (χ2v) is 7.61. The Hall–Kier alpha value is -1.96. The fourth-order valence-electron chi connectivity index (χ4n) is 3.97. The molecule has 0 radical (unpaired) electrons. The van der Waals surface area contributed by atoms with Crippen LogP contribution in [-0.4, -0.2) is 64.3 Å². The second kappa shape index (κ2) is 8.37. The number of hydrogen-bond donors (Lipinski definition) is 2. The first-order valence-corrected chi connectivity index (χ1v) is 10.1. The second-order valence-electron chi connectivity index (χ2n) is 7.22. The molecule has 2 aliphatic rings. The van der Waals surface area contributed by atoms with E-state index in [1.54, 1.807) is 0 Å². The highest BCUT2D eigenvalue weighted by Gasteiger charge is 2.40. The third-order valence-electron chi connectivity index (χ3n) is 5.35. The maximum absolute atomic E-state index is 5.71. The topological polar surface area (TPSA) is 56.4 Å². The van der Waals surface area contributed by atoms with Gasteiger partial charge in [-0.1, -0.05) is 6.07 Å². The standard InChI is InChI=1S/C20H27N5OS/c1-15-6-7-17(22-15)19-18(16-5-2-3-8-21-16)23-20(27)25(19)10-4-9-24-11-13-26-14-12-24/h2-3,5-8,18-19,22H,4,9-14H2,1H3,(H,23,27)/t18-,19+/m1/s1. The van der Waals surface area contributed by atoms with Gasteiger partial charge in [0.05, 0.1) is 31.0 Å².